The van der Waals surface area contributed by atoms with E-state index in [2.05, 4.69) is 22.9 Å². The molecule has 5 heteroatoms. The van der Waals surface area contributed by atoms with Crippen LogP contribution in [0.25, 0.3) is 0 Å². The van der Waals surface area contributed by atoms with E-state index in [1.165, 1.54) is 0 Å². The number of unbranched alkanes of at least 4 members (excludes halogenated alkanes) is 1. The van der Waals surface area contributed by atoms with Gasteiger partial charge in [-0.15, -0.1) is 0 Å². The summed E-state index contributed by atoms with van der Waals surface area (Å²) in [6.45, 7) is 3.01. The first-order valence-electron chi connectivity index (χ1n) is 6.05. The predicted molar refractivity (Wildman–Crippen MR) is 76.5 cm³/mol. The van der Waals surface area contributed by atoms with Crippen LogP contribution in [0.4, 0.5) is 5.69 Å². The van der Waals surface area contributed by atoms with Crippen LogP contribution in [0.15, 0.2) is 22.7 Å². The van der Waals surface area contributed by atoms with Crippen LogP contribution in [-0.2, 0) is 0 Å². The highest BCUT2D eigenvalue weighted by Crippen LogP contribution is 2.20. The van der Waals surface area contributed by atoms with E-state index in [0.29, 0.717) is 24.3 Å². The number of amides is 1. The van der Waals surface area contributed by atoms with E-state index in [4.69, 9.17) is 10.8 Å². The highest BCUT2D eigenvalue weighted by Gasteiger charge is 2.17. The van der Waals surface area contributed by atoms with Crippen LogP contribution in [0.5, 0.6) is 0 Å². The van der Waals surface area contributed by atoms with Gasteiger partial charge < -0.3 is 15.7 Å². The molecule has 1 aromatic rings. The SMILES string of the molecule is CCCCN(CCO)C(=O)c1cc(Br)ccc1N. The van der Waals surface area contributed by atoms with Crippen molar-refractivity contribution in [2.24, 2.45) is 0 Å². The molecule has 0 saturated heterocycles. The molecule has 1 aromatic carbocycles. The summed E-state index contributed by atoms with van der Waals surface area (Å²) in [7, 11) is 0. The third kappa shape index (κ3) is 3.99. The summed E-state index contributed by atoms with van der Waals surface area (Å²) >= 11 is 3.33. The largest absolute Gasteiger partial charge is 0.398 e. The van der Waals surface area contributed by atoms with Gasteiger partial charge in [0.1, 0.15) is 0 Å². The number of hydrogen-bond donors (Lipinski definition) is 2. The number of aliphatic hydroxyl groups is 1. The van der Waals surface area contributed by atoms with E-state index < -0.39 is 0 Å². The lowest BCUT2D eigenvalue weighted by atomic mass is 10.1. The van der Waals surface area contributed by atoms with Gasteiger partial charge in [-0.25, -0.2) is 0 Å². The van der Waals surface area contributed by atoms with Crippen molar-refractivity contribution in [2.45, 2.75) is 19.8 Å². The Morgan fingerprint density at radius 3 is 2.78 bits per heavy atom. The van der Waals surface area contributed by atoms with Crippen molar-refractivity contribution in [1.29, 1.82) is 0 Å². The summed E-state index contributed by atoms with van der Waals surface area (Å²) in [4.78, 5) is 14.0. The number of nitrogen functional groups attached to an aromatic ring is 1. The van der Waals surface area contributed by atoms with Gasteiger partial charge in [0.05, 0.1) is 12.2 Å². The highest BCUT2D eigenvalue weighted by atomic mass is 79.9. The van der Waals surface area contributed by atoms with Crippen LogP contribution in [0, 0.1) is 0 Å². The molecule has 0 fully saturated rings. The van der Waals surface area contributed by atoms with Gasteiger partial charge in [-0.3, -0.25) is 4.79 Å². The molecule has 0 aliphatic carbocycles. The first kappa shape index (κ1) is 15.0. The fourth-order valence-electron chi connectivity index (χ4n) is 1.67. The topological polar surface area (TPSA) is 66.6 Å². The van der Waals surface area contributed by atoms with E-state index in [1.807, 2.05) is 0 Å². The summed E-state index contributed by atoms with van der Waals surface area (Å²) in [5, 5.41) is 9.02. The summed E-state index contributed by atoms with van der Waals surface area (Å²) in [6, 6.07) is 5.22. The average Bonchev–Trinajstić information content (AvgIpc) is 2.36. The van der Waals surface area contributed by atoms with Crippen LogP contribution in [-0.4, -0.2) is 35.6 Å². The van der Waals surface area contributed by atoms with Gasteiger partial charge in [-0.2, -0.15) is 0 Å². The monoisotopic (exact) mass is 314 g/mol. The van der Waals surface area contributed by atoms with Crippen molar-refractivity contribution in [1.82, 2.24) is 4.90 Å². The number of nitrogens with zero attached hydrogens (tertiary/aromatic N) is 1. The fourth-order valence-corrected chi connectivity index (χ4v) is 2.03. The molecule has 0 saturated carbocycles. The van der Waals surface area contributed by atoms with Gasteiger partial charge >= 0.3 is 0 Å². The van der Waals surface area contributed by atoms with Gasteiger partial charge in [-0.1, -0.05) is 29.3 Å². The molecule has 18 heavy (non-hydrogen) atoms. The summed E-state index contributed by atoms with van der Waals surface area (Å²) < 4.78 is 0.819. The zero-order chi connectivity index (χ0) is 13.5. The van der Waals surface area contributed by atoms with Crippen molar-refractivity contribution in [2.75, 3.05) is 25.4 Å². The first-order valence-corrected chi connectivity index (χ1v) is 6.84. The molecule has 0 atom stereocenters. The van der Waals surface area contributed by atoms with Crippen molar-refractivity contribution in [3.63, 3.8) is 0 Å². The number of halogens is 1. The molecule has 0 heterocycles. The van der Waals surface area contributed by atoms with Gasteiger partial charge in [-0.05, 0) is 24.6 Å². The van der Waals surface area contributed by atoms with E-state index in [0.717, 1.165) is 17.3 Å². The van der Waals surface area contributed by atoms with Crippen molar-refractivity contribution in [3.8, 4) is 0 Å². The molecule has 0 spiro atoms. The quantitative estimate of drug-likeness (QED) is 0.791. The molecular weight excluding hydrogens is 296 g/mol. The molecule has 0 aliphatic rings. The minimum absolute atomic E-state index is 0.0383. The normalized spacial score (nSPS) is 10.4. The minimum Gasteiger partial charge on any atom is -0.398 e. The lowest BCUT2D eigenvalue weighted by molar-refractivity contribution is 0.0720. The average molecular weight is 315 g/mol. The van der Waals surface area contributed by atoms with E-state index in [1.54, 1.807) is 23.1 Å². The maximum atomic E-state index is 12.3. The maximum absolute atomic E-state index is 12.3. The number of benzene rings is 1. The van der Waals surface area contributed by atoms with E-state index >= 15 is 0 Å². The summed E-state index contributed by atoms with van der Waals surface area (Å²) in [6.07, 6.45) is 1.92. The minimum atomic E-state index is -0.128. The van der Waals surface area contributed by atoms with Crippen molar-refractivity contribution in [3.05, 3.63) is 28.2 Å². The zero-order valence-electron chi connectivity index (χ0n) is 10.5. The van der Waals surface area contributed by atoms with Crippen molar-refractivity contribution >= 4 is 27.5 Å². The van der Waals surface area contributed by atoms with Gasteiger partial charge in [0, 0.05) is 23.2 Å². The van der Waals surface area contributed by atoms with Crippen LogP contribution >= 0.6 is 15.9 Å². The summed E-state index contributed by atoms with van der Waals surface area (Å²) in [5.41, 5.74) is 6.76. The predicted octanol–water partition coefficient (Wildman–Crippen LogP) is 2.27. The Hall–Kier alpha value is -1.07. The Morgan fingerprint density at radius 2 is 2.17 bits per heavy atom. The number of carbonyl (C=O) groups is 1. The zero-order valence-corrected chi connectivity index (χ0v) is 12.1. The molecule has 0 unspecified atom stereocenters. The lowest BCUT2D eigenvalue weighted by Crippen LogP contribution is -2.34. The molecule has 0 aromatic heterocycles. The number of aliphatic hydroxyl groups excluding tert-OH is 1. The lowest BCUT2D eigenvalue weighted by Gasteiger charge is -2.22. The highest BCUT2D eigenvalue weighted by molar-refractivity contribution is 9.10. The third-order valence-corrected chi connectivity index (χ3v) is 3.18. The Labute approximate surface area is 116 Å². The number of hydrogen-bond acceptors (Lipinski definition) is 3. The molecule has 100 valence electrons. The molecule has 1 amide bonds. The van der Waals surface area contributed by atoms with Gasteiger partial charge in [0.2, 0.25) is 0 Å². The second-order valence-electron chi connectivity index (χ2n) is 4.10. The standard InChI is InChI=1S/C13H19BrN2O2/c1-2-3-6-16(7-8-17)13(18)11-9-10(14)4-5-12(11)15/h4-5,9,17H,2-3,6-8,15H2,1H3. The Morgan fingerprint density at radius 1 is 1.44 bits per heavy atom. The maximum Gasteiger partial charge on any atom is 0.256 e. The number of carbonyl (C=O) groups excluding carboxylic acids is 1. The van der Waals surface area contributed by atoms with Crippen molar-refractivity contribution < 1.29 is 9.90 Å². The molecule has 0 aliphatic heterocycles. The summed E-state index contributed by atoms with van der Waals surface area (Å²) in [5.74, 6) is -0.128. The second-order valence-corrected chi connectivity index (χ2v) is 5.02. The Kier molecular flexibility index (Phi) is 6.15. The molecular formula is C13H19BrN2O2. The smallest absolute Gasteiger partial charge is 0.256 e. The van der Waals surface area contributed by atoms with Crippen LogP contribution in [0.1, 0.15) is 30.1 Å². The number of rotatable bonds is 6. The van der Waals surface area contributed by atoms with Gasteiger partial charge in [0.15, 0.2) is 0 Å². The van der Waals surface area contributed by atoms with Gasteiger partial charge in [0.25, 0.3) is 5.91 Å². The Bertz CT molecular complexity index is 410. The first-order chi connectivity index (χ1) is 8.60. The number of anilines is 1. The molecule has 4 nitrogen and oxygen atoms in total. The Balaban J connectivity index is 2.90. The van der Waals surface area contributed by atoms with Crippen LogP contribution in [0.3, 0.4) is 0 Å². The third-order valence-electron chi connectivity index (χ3n) is 2.68. The van der Waals surface area contributed by atoms with Crippen LogP contribution < -0.4 is 5.73 Å². The molecule has 0 bridgehead atoms. The number of nitrogens with two attached hydrogens (primary N) is 1. The second kappa shape index (κ2) is 7.38. The van der Waals surface area contributed by atoms with Crippen LogP contribution in [0.2, 0.25) is 0 Å². The molecule has 0 radical (unpaired) electrons. The molecule has 3 N–H and O–H groups in total. The molecule has 1 rings (SSSR count). The van der Waals surface area contributed by atoms with E-state index in [9.17, 15) is 4.79 Å². The van der Waals surface area contributed by atoms with E-state index in [-0.39, 0.29) is 12.5 Å². The fraction of sp³-hybridized carbons (Fsp3) is 0.462.